The lowest BCUT2D eigenvalue weighted by Crippen LogP contribution is -2.48. The van der Waals surface area contributed by atoms with Gasteiger partial charge in [-0.25, -0.2) is 9.00 Å². The molecule has 1 fully saturated rings. The summed E-state index contributed by atoms with van der Waals surface area (Å²) >= 11 is 0. The number of ether oxygens (including phenoxy) is 1. The molecule has 7 nitrogen and oxygen atoms in total. The van der Waals surface area contributed by atoms with Gasteiger partial charge >= 0.3 is 6.03 Å². The zero-order valence-corrected chi connectivity index (χ0v) is 15.3. The number of urea groups is 1. The number of nitrogens with one attached hydrogen (secondary N) is 2. The van der Waals surface area contributed by atoms with Crippen LogP contribution in [0.4, 0.5) is 4.79 Å². The average molecular weight is 347 g/mol. The van der Waals surface area contributed by atoms with Gasteiger partial charge in [-0.05, 0) is 18.8 Å². The highest BCUT2D eigenvalue weighted by molar-refractivity contribution is 7.92. The third-order valence-corrected chi connectivity index (χ3v) is 4.59. The van der Waals surface area contributed by atoms with Gasteiger partial charge in [-0.1, -0.05) is 26.7 Å². The van der Waals surface area contributed by atoms with Crippen LogP contribution < -0.4 is 10.6 Å². The molecule has 2 N–H and O–H groups in total. The molecular formula is C15H29N3O4S. The Bertz CT molecular complexity index is 517. The minimum Gasteiger partial charge on any atom is -0.378 e. The Morgan fingerprint density at radius 1 is 1.30 bits per heavy atom. The third kappa shape index (κ3) is 7.78. The van der Waals surface area contributed by atoms with E-state index >= 15 is 0 Å². The lowest BCUT2D eigenvalue weighted by Gasteiger charge is -2.34. The van der Waals surface area contributed by atoms with Crippen LogP contribution in [-0.4, -0.2) is 54.0 Å². The topological polar surface area (TPSA) is 96.9 Å². The highest BCUT2D eigenvalue weighted by Gasteiger charge is 2.28. The standard InChI is InChI=1S/C15H29N3O4S/c1-5-11(6-2)13-9-12(7-8-22-13)17-15(20)16-10-14(19)18-23(3,4)21/h11-13H,5-10H2,1-4H3,(H2,16,17,20). The second kappa shape index (κ2) is 9.22. The first-order valence-electron chi connectivity index (χ1n) is 8.11. The molecule has 1 heterocycles. The number of nitrogens with zero attached hydrogens (tertiary/aromatic N) is 1. The Morgan fingerprint density at radius 2 is 1.96 bits per heavy atom. The fourth-order valence-corrected chi connectivity index (χ4v) is 3.33. The van der Waals surface area contributed by atoms with E-state index in [1.165, 1.54) is 12.5 Å². The van der Waals surface area contributed by atoms with Crippen LogP contribution in [0.25, 0.3) is 0 Å². The van der Waals surface area contributed by atoms with Crippen LogP contribution >= 0.6 is 0 Å². The lowest BCUT2D eigenvalue weighted by molar-refractivity contribution is -0.116. The monoisotopic (exact) mass is 347 g/mol. The fourth-order valence-electron chi connectivity index (χ4n) is 2.77. The van der Waals surface area contributed by atoms with Crippen molar-refractivity contribution in [1.82, 2.24) is 10.6 Å². The van der Waals surface area contributed by atoms with E-state index in [1.54, 1.807) is 0 Å². The maximum Gasteiger partial charge on any atom is 0.315 e. The van der Waals surface area contributed by atoms with E-state index in [-0.39, 0.29) is 18.7 Å². The number of carbonyl (C=O) groups is 2. The molecule has 1 rings (SSSR count). The van der Waals surface area contributed by atoms with Crippen LogP contribution in [0.15, 0.2) is 4.36 Å². The second-order valence-electron chi connectivity index (χ2n) is 6.20. The van der Waals surface area contributed by atoms with Crippen LogP contribution in [0, 0.1) is 5.92 Å². The molecule has 1 saturated heterocycles. The first kappa shape index (κ1) is 19.9. The highest BCUT2D eigenvalue weighted by Crippen LogP contribution is 2.25. The molecule has 0 aliphatic carbocycles. The smallest absolute Gasteiger partial charge is 0.315 e. The molecule has 2 atom stereocenters. The molecule has 0 aromatic rings. The highest BCUT2D eigenvalue weighted by atomic mass is 32.2. The number of carbonyl (C=O) groups excluding carboxylic acids is 2. The zero-order valence-electron chi connectivity index (χ0n) is 14.5. The van der Waals surface area contributed by atoms with Crippen molar-refractivity contribution in [3.63, 3.8) is 0 Å². The van der Waals surface area contributed by atoms with Gasteiger partial charge in [0.25, 0.3) is 5.91 Å². The average Bonchev–Trinajstić information content (AvgIpc) is 2.45. The number of hydrogen-bond donors (Lipinski definition) is 2. The third-order valence-electron chi connectivity index (χ3n) is 3.95. The number of amides is 3. The molecule has 0 bridgehead atoms. The summed E-state index contributed by atoms with van der Waals surface area (Å²) in [6.07, 6.45) is 6.60. The van der Waals surface area contributed by atoms with E-state index in [0.717, 1.165) is 25.7 Å². The van der Waals surface area contributed by atoms with Crippen molar-refractivity contribution in [2.75, 3.05) is 25.7 Å². The van der Waals surface area contributed by atoms with Crippen LogP contribution in [-0.2, 0) is 19.3 Å². The Labute approximate surface area is 139 Å². The SMILES string of the molecule is CCC(CC)C1CC(NC(=O)NCC(=O)N=S(C)(C)=O)CCO1. The number of rotatable bonds is 6. The van der Waals surface area contributed by atoms with Crippen LogP contribution in [0.2, 0.25) is 0 Å². The van der Waals surface area contributed by atoms with Gasteiger partial charge in [0.05, 0.1) is 6.10 Å². The van der Waals surface area contributed by atoms with Gasteiger partial charge in [-0.3, -0.25) is 4.79 Å². The molecule has 0 spiro atoms. The normalized spacial score (nSPS) is 21.8. The van der Waals surface area contributed by atoms with Crippen molar-refractivity contribution in [3.05, 3.63) is 0 Å². The maximum absolute atomic E-state index is 11.9. The number of hydrogen-bond acceptors (Lipinski definition) is 4. The van der Waals surface area contributed by atoms with Crippen molar-refractivity contribution >= 4 is 21.7 Å². The molecule has 23 heavy (non-hydrogen) atoms. The van der Waals surface area contributed by atoms with Gasteiger partial charge < -0.3 is 15.4 Å². The van der Waals surface area contributed by atoms with Gasteiger partial charge in [0.1, 0.15) is 6.54 Å². The van der Waals surface area contributed by atoms with Crippen molar-refractivity contribution in [2.24, 2.45) is 10.3 Å². The van der Waals surface area contributed by atoms with E-state index in [1.807, 2.05) is 0 Å². The van der Waals surface area contributed by atoms with E-state index in [9.17, 15) is 13.8 Å². The molecule has 1 aliphatic rings. The van der Waals surface area contributed by atoms with Gasteiger partial charge in [0, 0.05) is 34.9 Å². The van der Waals surface area contributed by atoms with Gasteiger partial charge in [0.2, 0.25) is 0 Å². The quantitative estimate of drug-likeness (QED) is 0.761. The fraction of sp³-hybridized carbons (Fsp3) is 0.867. The van der Waals surface area contributed by atoms with E-state index in [2.05, 4.69) is 28.8 Å². The minimum absolute atomic E-state index is 0.0444. The molecule has 0 aromatic carbocycles. The molecule has 0 aromatic heterocycles. The summed E-state index contributed by atoms with van der Waals surface area (Å²) in [5.74, 6) is -0.0812. The van der Waals surface area contributed by atoms with Gasteiger partial charge in [-0.15, -0.1) is 0 Å². The maximum atomic E-state index is 11.9. The van der Waals surface area contributed by atoms with Crippen molar-refractivity contribution in [3.8, 4) is 0 Å². The molecule has 3 amide bonds. The summed E-state index contributed by atoms with van der Waals surface area (Å²) in [6.45, 7) is 4.68. The molecule has 8 heteroatoms. The molecule has 1 aliphatic heterocycles. The van der Waals surface area contributed by atoms with Crippen molar-refractivity contribution in [2.45, 2.75) is 51.7 Å². The molecule has 2 unspecified atom stereocenters. The van der Waals surface area contributed by atoms with Gasteiger partial charge in [0.15, 0.2) is 0 Å². The molecule has 0 radical (unpaired) electrons. The van der Waals surface area contributed by atoms with E-state index in [4.69, 9.17) is 4.74 Å². The Kier molecular flexibility index (Phi) is 7.98. The van der Waals surface area contributed by atoms with Gasteiger partial charge in [-0.2, -0.15) is 4.36 Å². The van der Waals surface area contributed by atoms with E-state index < -0.39 is 21.7 Å². The van der Waals surface area contributed by atoms with Crippen molar-refractivity contribution < 1.29 is 18.5 Å². The lowest BCUT2D eigenvalue weighted by atomic mass is 9.89. The summed E-state index contributed by atoms with van der Waals surface area (Å²) in [6, 6.07) is -0.356. The molecule has 134 valence electrons. The van der Waals surface area contributed by atoms with Crippen LogP contribution in [0.1, 0.15) is 39.5 Å². The predicted octanol–water partition coefficient (Wildman–Crippen LogP) is 1.52. The first-order valence-corrected chi connectivity index (χ1v) is 10.4. The Morgan fingerprint density at radius 3 is 2.52 bits per heavy atom. The summed E-state index contributed by atoms with van der Waals surface area (Å²) in [5.41, 5.74) is 0. The largest absolute Gasteiger partial charge is 0.378 e. The van der Waals surface area contributed by atoms with Crippen LogP contribution in [0.5, 0.6) is 0 Å². The summed E-state index contributed by atoms with van der Waals surface area (Å²) in [4.78, 5) is 23.3. The van der Waals surface area contributed by atoms with Crippen LogP contribution in [0.3, 0.4) is 0 Å². The summed E-state index contributed by atoms with van der Waals surface area (Å²) in [7, 11) is -2.48. The van der Waals surface area contributed by atoms with E-state index in [0.29, 0.717) is 12.5 Å². The first-order chi connectivity index (χ1) is 10.7. The van der Waals surface area contributed by atoms with Crippen molar-refractivity contribution in [1.29, 1.82) is 0 Å². The Hall–Kier alpha value is -1.15. The second-order valence-corrected chi connectivity index (χ2v) is 8.75. The summed E-state index contributed by atoms with van der Waals surface area (Å²) < 4.78 is 20.7. The zero-order chi connectivity index (χ0) is 17.5. The predicted molar refractivity (Wildman–Crippen MR) is 90.8 cm³/mol. The Balaban J connectivity index is 2.42. The molecule has 0 saturated carbocycles. The minimum atomic E-state index is -2.48. The summed E-state index contributed by atoms with van der Waals surface area (Å²) in [5, 5.41) is 5.34. The molecular weight excluding hydrogens is 318 g/mol.